The minimum Gasteiger partial charge on any atom is -0.379 e. The summed E-state index contributed by atoms with van der Waals surface area (Å²) in [5.41, 5.74) is 7.81. The first-order valence-corrected chi connectivity index (χ1v) is 13.2. The SMILES string of the molecule is Cc1cc(C)c(CNC(=O)c2cc3c(-c4cccc(C#N)c4)ccn3c(C(C)N3CCOCC3)c2C)c(=O)[nH]1. The number of aromatic nitrogens is 2. The number of carbonyl (C=O) groups is 1. The van der Waals surface area contributed by atoms with Gasteiger partial charge in [-0.15, -0.1) is 0 Å². The minimum atomic E-state index is -0.234. The maximum atomic E-state index is 13.7. The van der Waals surface area contributed by atoms with Crippen LogP contribution in [-0.4, -0.2) is 46.5 Å². The van der Waals surface area contributed by atoms with Crippen molar-refractivity contribution in [2.24, 2.45) is 0 Å². The van der Waals surface area contributed by atoms with E-state index in [0.29, 0.717) is 29.9 Å². The third kappa shape index (κ3) is 5.11. The fourth-order valence-electron chi connectivity index (χ4n) is 5.62. The van der Waals surface area contributed by atoms with Gasteiger partial charge in [0.05, 0.1) is 30.4 Å². The molecule has 0 aliphatic carbocycles. The van der Waals surface area contributed by atoms with E-state index in [1.54, 1.807) is 6.07 Å². The van der Waals surface area contributed by atoms with Gasteiger partial charge in [-0.25, -0.2) is 0 Å². The molecule has 0 spiro atoms. The van der Waals surface area contributed by atoms with Crippen LogP contribution in [0.5, 0.6) is 0 Å². The van der Waals surface area contributed by atoms with E-state index >= 15 is 0 Å². The summed E-state index contributed by atoms with van der Waals surface area (Å²) in [6.07, 6.45) is 2.04. The monoisotopic (exact) mass is 523 g/mol. The van der Waals surface area contributed by atoms with Crippen LogP contribution in [0.2, 0.25) is 0 Å². The van der Waals surface area contributed by atoms with E-state index in [1.165, 1.54) is 0 Å². The molecule has 1 amide bonds. The normalized spacial score (nSPS) is 14.7. The number of H-pyrrole nitrogens is 1. The average Bonchev–Trinajstić information content (AvgIpc) is 3.35. The summed E-state index contributed by atoms with van der Waals surface area (Å²) < 4.78 is 7.74. The number of aromatic amines is 1. The molecule has 4 heterocycles. The summed E-state index contributed by atoms with van der Waals surface area (Å²) in [6.45, 7) is 11.0. The van der Waals surface area contributed by atoms with Crippen molar-refractivity contribution < 1.29 is 9.53 Å². The predicted molar refractivity (Wildman–Crippen MR) is 151 cm³/mol. The van der Waals surface area contributed by atoms with Gasteiger partial charge in [-0.05, 0) is 74.7 Å². The number of ether oxygens (including phenoxy) is 1. The lowest BCUT2D eigenvalue weighted by atomic mass is 9.98. The molecular weight excluding hydrogens is 490 g/mol. The van der Waals surface area contributed by atoms with E-state index in [-0.39, 0.29) is 24.1 Å². The van der Waals surface area contributed by atoms with Crippen LogP contribution in [0.3, 0.4) is 0 Å². The van der Waals surface area contributed by atoms with Crippen LogP contribution >= 0.6 is 0 Å². The number of hydrogen-bond donors (Lipinski definition) is 2. The van der Waals surface area contributed by atoms with E-state index in [0.717, 1.165) is 52.2 Å². The third-order valence-corrected chi connectivity index (χ3v) is 7.71. The number of fused-ring (bicyclic) bond motifs is 1. The van der Waals surface area contributed by atoms with Crippen LogP contribution in [0.4, 0.5) is 0 Å². The fraction of sp³-hybridized carbons (Fsp3) is 0.323. The predicted octanol–water partition coefficient (Wildman–Crippen LogP) is 4.41. The number of hydrogen-bond acceptors (Lipinski definition) is 5. The summed E-state index contributed by atoms with van der Waals surface area (Å²) in [5.74, 6) is -0.234. The number of pyridine rings is 2. The maximum absolute atomic E-state index is 13.7. The van der Waals surface area contributed by atoms with Crippen molar-refractivity contribution in [3.05, 3.63) is 98.2 Å². The molecule has 0 radical (unpaired) electrons. The quantitative estimate of drug-likeness (QED) is 0.390. The largest absolute Gasteiger partial charge is 0.379 e. The Morgan fingerprint density at radius 2 is 1.92 bits per heavy atom. The molecule has 200 valence electrons. The molecular formula is C31H33N5O3. The topological polar surface area (TPSA) is 103 Å². The van der Waals surface area contributed by atoms with Crippen LogP contribution in [-0.2, 0) is 11.3 Å². The van der Waals surface area contributed by atoms with Crippen LogP contribution in [0.25, 0.3) is 16.6 Å². The molecule has 8 nitrogen and oxygen atoms in total. The molecule has 39 heavy (non-hydrogen) atoms. The second kappa shape index (κ2) is 10.9. The summed E-state index contributed by atoms with van der Waals surface area (Å²) >= 11 is 0. The zero-order chi connectivity index (χ0) is 27.7. The summed E-state index contributed by atoms with van der Waals surface area (Å²) in [5, 5.41) is 12.4. The molecule has 2 N–H and O–H groups in total. The lowest BCUT2D eigenvalue weighted by Gasteiger charge is -2.34. The number of carbonyl (C=O) groups excluding carboxylic acids is 1. The van der Waals surface area contributed by atoms with Crippen molar-refractivity contribution in [2.45, 2.75) is 40.3 Å². The standard InChI is InChI=1S/C31H33N5O3/c1-19-14-20(2)34-31(38)27(19)18-33-30(37)26-16-28-25(24-7-5-6-23(15-24)17-32)8-9-36(28)29(21(26)3)22(4)35-10-12-39-13-11-35/h5-9,14-16,22H,10-13,18H2,1-4H3,(H,33,37)(H,34,38). The zero-order valence-corrected chi connectivity index (χ0v) is 22.8. The lowest BCUT2D eigenvalue weighted by molar-refractivity contribution is 0.0187. The molecule has 4 aromatic rings. The molecule has 1 aliphatic heterocycles. The van der Waals surface area contributed by atoms with E-state index in [9.17, 15) is 14.9 Å². The highest BCUT2D eigenvalue weighted by Gasteiger charge is 2.26. The molecule has 5 rings (SSSR count). The highest BCUT2D eigenvalue weighted by molar-refractivity contribution is 5.98. The third-order valence-electron chi connectivity index (χ3n) is 7.71. The van der Waals surface area contributed by atoms with Gasteiger partial charge < -0.3 is 19.4 Å². The highest BCUT2D eigenvalue weighted by atomic mass is 16.5. The Morgan fingerprint density at radius 1 is 1.15 bits per heavy atom. The average molecular weight is 524 g/mol. The first kappa shape index (κ1) is 26.4. The molecule has 1 atom stereocenters. The number of rotatable bonds is 6. The zero-order valence-electron chi connectivity index (χ0n) is 22.8. The van der Waals surface area contributed by atoms with Crippen LogP contribution in [0, 0.1) is 32.1 Å². The smallest absolute Gasteiger partial charge is 0.253 e. The van der Waals surface area contributed by atoms with Gasteiger partial charge in [-0.1, -0.05) is 12.1 Å². The lowest BCUT2D eigenvalue weighted by Crippen LogP contribution is -2.39. The second-order valence-corrected chi connectivity index (χ2v) is 10.2. The number of nitrogens with one attached hydrogen (secondary N) is 2. The molecule has 3 aromatic heterocycles. The Kier molecular flexibility index (Phi) is 7.38. The second-order valence-electron chi connectivity index (χ2n) is 10.2. The van der Waals surface area contributed by atoms with E-state index in [2.05, 4.69) is 32.6 Å². The Morgan fingerprint density at radius 3 is 2.64 bits per heavy atom. The van der Waals surface area contributed by atoms with E-state index in [4.69, 9.17) is 4.74 Å². The van der Waals surface area contributed by atoms with Gasteiger partial charge in [0, 0.05) is 60.0 Å². The first-order chi connectivity index (χ1) is 18.8. The number of nitriles is 1. The Labute approximate surface area is 227 Å². The molecule has 1 unspecified atom stereocenters. The molecule has 1 aromatic carbocycles. The Balaban J connectivity index is 1.61. The number of nitrogens with zero attached hydrogens (tertiary/aromatic N) is 3. The molecule has 1 fully saturated rings. The molecule has 8 heteroatoms. The van der Waals surface area contributed by atoms with Gasteiger partial charge in [0.15, 0.2) is 0 Å². The summed E-state index contributed by atoms with van der Waals surface area (Å²) in [7, 11) is 0. The molecule has 1 aliphatic rings. The molecule has 0 bridgehead atoms. The number of aryl methyl sites for hydroxylation is 2. The Bertz CT molecular complexity index is 1650. The maximum Gasteiger partial charge on any atom is 0.253 e. The minimum absolute atomic E-state index is 0.0389. The van der Waals surface area contributed by atoms with Crippen molar-refractivity contribution in [3.8, 4) is 17.2 Å². The first-order valence-electron chi connectivity index (χ1n) is 13.2. The van der Waals surface area contributed by atoms with Gasteiger partial charge >= 0.3 is 0 Å². The fourth-order valence-corrected chi connectivity index (χ4v) is 5.62. The van der Waals surface area contributed by atoms with E-state index in [1.807, 2.05) is 63.4 Å². The van der Waals surface area contributed by atoms with Crippen molar-refractivity contribution in [3.63, 3.8) is 0 Å². The Hall–Kier alpha value is -4.19. The van der Waals surface area contributed by atoms with Crippen molar-refractivity contribution in [2.75, 3.05) is 26.3 Å². The van der Waals surface area contributed by atoms with Crippen LogP contribution in [0.1, 0.15) is 57.0 Å². The van der Waals surface area contributed by atoms with Crippen molar-refractivity contribution >= 4 is 11.4 Å². The molecule has 1 saturated heterocycles. The van der Waals surface area contributed by atoms with Gasteiger partial charge in [-0.2, -0.15) is 5.26 Å². The van der Waals surface area contributed by atoms with Crippen molar-refractivity contribution in [1.29, 1.82) is 5.26 Å². The van der Waals surface area contributed by atoms with Gasteiger partial charge in [0.25, 0.3) is 11.5 Å². The number of benzene rings is 1. The van der Waals surface area contributed by atoms with Crippen LogP contribution < -0.4 is 10.9 Å². The summed E-state index contributed by atoms with van der Waals surface area (Å²) in [4.78, 5) is 31.4. The van der Waals surface area contributed by atoms with Gasteiger partial charge in [0.1, 0.15) is 0 Å². The van der Waals surface area contributed by atoms with Crippen molar-refractivity contribution in [1.82, 2.24) is 19.6 Å². The number of amides is 1. The highest BCUT2D eigenvalue weighted by Crippen LogP contribution is 2.34. The van der Waals surface area contributed by atoms with Gasteiger partial charge in [0.2, 0.25) is 0 Å². The molecule has 0 saturated carbocycles. The van der Waals surface area contributed by atoms with E-state index < -0.39 is 0 Å². The number of morpholine rings is 1. The summed E-state index contributed by atoms with van der Waals surface area (Å²) in [6, 6.07) is 15.6. The van der Waals surface area contributed by atoms with Gasteiger partial charge in [-0.3, -0.25) is 14.5 Å². The van der Waals surface area contributed by atoms with Crippen LogP contribution in [0.15, 0.2) is 53.5 Å².